The molecule has 0 radical (unpaired) electrons. The van der Waals surface area contributed by atoms with Gasteiger partial charge in [-0.05, 0) is 6.92 Å². The van der Waals surface area contributed by atoms with E-state index in [1.54, 1.807) is 6.92 Å². The summed E-state index contributed by atoms with van der Waals surface area (Å²) in [6, 6.07) is -0.918. The van der Waals surface area contributed by atoms with Crippen molar-refractivity contribution in [3.8, 4) is 0 Å². The van der Waals surface area contributed by atoms with E-state index in [9.17, 15) is 19.5 Å². The highest BCUT2D eigenvalue weighted by Gasteiger charge is 2.61. The second-order valence-corrected chi connectivity index (χ2v) is 6.12. The van der Waals surface area contributed by atoms with Crippen LogP contribution in [0, 0.1) is 0 Å². The van der Waals surface area contributed by atoms with Crippen molar-refractivity contribution < 1.29 is 24.2 Å². The lowest BCUT2D eigenvalue weighted by atomic mass is 9.97. The van der Waals surface area contributed by atoms with Gasteiger partial charge in [-0.1, -0.05) is 0 Å². The molecule has 2 unspecified atom stereocenters. The molecule has 0 aromatic rings. The number of ether oxygens (including phenoxy) is 1. The Morgan fingerprint density at radius 1 is 1.65 bits per heavy atom. The first-order valence-electron chi connectivity index (χ1n) is 5.20. The lowest BCUT2D eigenvalue weighted by Gasteiger charge is -2.36. The van der Waals surface area contributed by atoms with E-state index in [4.69, 9.17) is 4.74 Å². The van der Waals surface area contributed by atoms with E-state index in [1.807, 2.05) is 0 Å². The van der Waals surface area contributed by atoms with Gasteiger partial charge >= 0.3 is 11.9 Å². The standard InChI is InChI=1S/C10H13NO5S/c1-5(12)16-4-10(2)8(9(14)15)11-6(13)3-7(11)17-10/h7-8H,3-4H2,1-2H3,(H,14,15)/t7-,8?,10?/m1/s1. The van der Waals surface area contributed by atoms with Crippen LogP contribution in [0.1, 0.15) is 20.3 Å². The molecule has 0 aliphatic carbocycles. The fraction of sp³-hybridized carbons (Fsp3) is 0.700. The first-order valence-corrected chi connectivity index (χ1v) is 6.08. The van der Waals surface area contributed by atoms with Crippen LogP contribution in [0.25, 0.3) is 0 Å². The lowest BCUT2D eigenvalue weighted by molar-refractivity contribution is -0.159. The number of hydrogen-bond donors (Lipinski definition) is 1. The maximum Gasteiger partial charge on any atom is 0.328 e. The number of carboxylic acids is 1. The predicted octanol–water partition coefficient (Wildman–Crippen LogP) is 0.0666. The van der Waals surface area contributed by atoms with Crippen molar-refractivity contribution in [3.63, 3.8) is 0 Å². The van der Waals surface area contributed by atoms with Gasteiger partial charge in [0.05, 0.1) is 16.5 Å². The maximum absolute atomic E-state index is 11.4. The van der Waals surface area contributed by atoms with E-state index in [0.717, 1.165) is 0 Å². The third-order valence-electron chi connectivity index (χ3n) is 3.01. The fourth-order valence-electron chi connectivity index (χ4n) is 2.22. The summed E-state index contributed by atoms with van der Waals surface area (Å²) in [4.78, 5) is 34.8. The average Bonchev–Trinajstić information content (AvgIpc) is 2.45. The molecule has 1 N–H and O–H groups in total. The number of amides is 1. The Morgan fingerprint density at radius 2 is 2.29 bits per heavy atom. The second-order valence-electron chi connectivity index (χ2n) is 4.41. The molecule has 2 aliphatic rings. The number of fused-ring (bicyclic) bond motifs is 1. The van der Waals surface area contributed by atoms with E-state index in [2.05, 4.69) is 0 Å². The van der Waals surface area contributed by atoms with Gasteiger partial charge < -0.3 is 14.7 Å². The molecule has 17 heavy (non-hydrogen) atoms. The molecule has 2 heterocycles. The van der Waals surface area contributed by atoms with Crippen LogP contribution >= 0.6 is 11.8 Å². The van der Waals surface area contributed by atoms with Crippen LogP contribution in [-0.4, -0.2) is 50.6 Å². The molecular formula is C10H13NO5S. The molecule has 2 saturated heterocycles. The van der Waals surface area contributed by atoms with Gasteiger partial charge in [-0.2, -0.15) is 0 Å². The molecule has 0 aromatic carbocycles. The highest BCUT2D eigenvalue weighted by molar-refractivity contribution is 8.01. The van der Waals surface area contributed by atoms with Crippen LogP contribution in [0.2, 0.25) is 0 Å². The van der Waals surface area contributed by atoms with Crippen LogP contribution in [-0.2, 0) is 19.1 Å². The number of carbonyl (C=O) groups excluding carboxylic acids is 2. The van der Waals surface area contributed by atoms with E-state index >= 15 is 0 Å². The quantitative estimate of drug-likeness (QED) is 0.570. The fourth-order valence-corrected chi connectivity index (χ4v) is 3.89. The van der Waals surface area contributed by atoms with Crippen molar-refractivity contribution in [2.24, 2.45) is 0 Å². The number of rotatable bonds is 3. The summed E-state index contributed by atoms with van der Waals surface area (Å²) in [5.74, 6) is -1.65. The van der Waals surface area contributed by atoms with Crippen molar-refractivity contribution in [3.05, 3.63) is 0 Å². The summed E-state index contributed by atoms with van der Waals surface area (Å²) in [5, 5.41) is 9.11. The van der Waals surface area contributed by atoms with Gasteiger partial charge in [0.25, 0.3) is 0 Å². The molecule has 2 fully saturated rings. The van der Waals surface area contributed by atoms with Crippen LogP contribution in [0.5, 0.6) is 0 Å². The number of β-lactam (4-membered cyclic amide) rings is 1. The van der Waals surface area contributed by atoms with Gasteiger partial charge in [0.2, 0.25) is 5.91 Å². The predicted molar refractivity (Wildman–Crippen MR) is 59.3 cm³/mol. The summed E-state index contributed by atoms with van der Waals surface area (Å²) >= 11 is 1.39. The molecule has 2 rings (SSSR count). The minimum Gasteiger partial charge on any atom is -0.480 e. The summed E-state index contributed by atoms with van der Waals surface area (Å²) in [7, 11) is 0. The Labute approximate surface area is 102 Å². The summed E-state index contributed by atoms with van der Waals surface area (Å²) in [5.41, 5.74) is 0. The molecule has 6 nitrogen and oxygen atoms in total. The maximum atomic E-state index is 11.4. The number of thioether (sulfide) groups is 1. The zero-order valence-corrected chi connectivity index (χ0v) is 10.3. The molecule has 0 aromatic heterocycles. The first kappa shape index (κ1) is 12.2. The Balaban J connectivity index is 2.18. The third-order valence-corrected chi connectivity index (χ3v) is 4.55. The third kappa shape index (κ3) is 1.88. The zero-order valence-electron chi connectivity index (χ0n) is 9.50. The highest BCUT2D eigenvalue weighted by Crippen LogP contribution is 2.50. The van der Waals surface area contributed by atoms with E-state index in [-0.39, 0.29) is 17.9 Å². The van der Waals surface area contributed by atoms with Crippen molar-refractivity contribution >= 4 is 29.6 Å². The van der Waals surface area contributed by atoms with Gasteiger partial charge in [-0.25, -0.2) is 4.79 Å². The number of esters is 1. The SMILES string of the molecule is CC(=O)OCC1(C)S[C@@H]2CC(=O)N2C1C(=O)O. The van der Waals surface area contributed by atoms with Crippen molar-refractivity contribution in [1.82, 2.24) is 4.90 Å². The van der Waals surface area contributed by atoms with Crippen molar-refractivity contribution in [1.29, 1.82) is 0 Å². The molecule has 0 spiro atoms. The van der Waals surface area contributed by atoms with Crippen LogP contribution in [0.3, 0.4) is 0 Å². The van der Waals surface area contributed by atoms with Crippen LogP contribution in [0.15, 0.2) is 0 Å². The Hall–Kier alpha value is -1.24. The Bertz CT molecular complexity index is 398. The number of carbonyl (C=O) groups is 3. The van der Waals surface area contributed by atoms with E-state index in [1.165, 1.54) is 23.6 Å². The van der Waals surface area contributed by atoms with Crippen molar-refractivity contribution in [2.75, 3.05) is 6.61 Å². The van der Waals surface area contributed by atoms with Crippen LogP contribution < -0.4 is 0 Å². The van der Waals surface area contributed by atoms with Gasteiger partial charge in [-0.15, -0.1) is 11.8 Å². The molecule has 7 heteroatoms. The van der Waals surface area contributed by atoms with Crippen molar-refractivity contribution in [2.45, 2.75) is 36.4 Å². The Morgan fingerprint density at radius 3 is 2.76 bits per heavy atom. The lowest BCUT2D eigenvalue weighted by Crippen LogP contribution is -2.58. The summed E-state index contributed by atoms with van der Waals surface area (Å²) in [6.07, 6.45) is 0.365. The average molecular weight is 259 g/mol. The minimum atomic E-state index is -1.05. The minimum absolute atomic E-state index is 0.00421. The topological polar surface area (TPSA) is 83.9 Å². The number of aliphatic carboxylic acids is 1. The monoisotopic (exact) mass is 259 g/mol. The first-order chi connectivity index (χ1) is 7.85. The number of hydrogen-bond acceptors (Lipinski definition) is 5. The molecule has 2 aliphatic heterocycles. The zero-order chi connectivity index (χ0) is 12.8. The molecule has 0 saturated carbocycles. The number of carboxylic acid groups (broad SMARTS) is 1. The van der Waals surface area contributed by atoms with Gasteiger partial charge in [-0.3, -0.25) is 9.59 Å². The molecule has 1 amide bonds. The van der Waals surface area contributed by atoms with E-state index in [0.29, 0.717) is 6.42 Å². The van der Waals surface area contributed by atoms with E-state index < -0.39 is 22.7 Å². The van der Waals surface area contributed by atoms with Gasteiger partial charge in [0, 0.05) is 6.92 Å². The van der Waals surface area contributed by atoms with Gasteiger partial charge in [0.1, 0.15) is 12.6 Å². The summed E-state index contributed by atoms with van der Waals surface area (Å²) < 4.78 is 4.14. The smallest absolute Gasteiger partial charge is 0.328 e. The molecule has 3 atom stereocenters. The molecule has 0 bridgehead atoms. The highest BCUT2D eigenvalue weighted by atomic mass is 32.2. The molecule has 94 valence electrons. The normalized spacial score (nSPS) is 35.2. The largest absolute Gasteiger partial charge is 0.480 e. The molecular weight excluding hydrogens is 246 g/mol. The Kier molecular flexibility index (Phi) is 2.81. The van der Waals surface area contributed by atoms with Crippen LogP contribution in [0.4, 0.5) is 0 Å². The second kappa shape index (κ2) is 3.90. The van der Waals surface area contributed by atoms with Gasteiger partial charge in [0.15, 0.2) is 0 Å². The summed E-state index contributed by atoms with van der Waals surface area (Å²) in [6.45, 7) is 2.99. The number of nitrogens with zero attached hydrogens (tertiary/aromatic N) is 1.